The van der Waals surface area contributed by atoms with Gasteiger partial charge in [-0.3, -0.25) is 4.90 Å². The Hall–Kier alpha value is -4.09. The molecule has 0 spiro atoms. The van der Waals surface area contributed by atoms with E-state index in [1.807, 2.05) is 0 Å². The Morgan fingerprint density at radius 3 is 2.42 bits per heavy atom. The SMILES string of the molecule is CCCN(C(=O)n1nnn(-c2c(F)cccc2F)c1=O)c1ccc(C(=O)O)c(OC)c1. The van der Waals surface area contributed by atoms with Crippen LogP contribution < -0.4 is 15.3 Å². The number of aromatic carboxylic acids is 1. The average Bonchev–Trinajstić information content (AvgIpc) is 3.12. The molecule has 1 amide bonds. The summed E-state index contributed by atoms with van der Waals surface area (Å²) in [6.45, 7) is 1.90. The summed E-state index contributed by atoms with van der Waals surface area (Å²) in [7, 11) is 1.27. The van der Waals surface area contributed by atoms with E-state index in [4.69, 9.17) is 4.74 Å². The van der Waals surface area contributed by atoms with Gasteiger partial charge in [0.2, 0.25) is 0 Å². The summed E-state index contributed by atoms with van der Waals surface area (Å²) in [5.74, 6) is -3.33. The number of carbonyl (C=O) groups is 2. The number of methoxy groups -OCH3 is 1. The third-order valence-corrected chi connectivity index (χ3v) is 4.32. The van der Waals surface area contributed by atoms with E-state index in [0.29, 0.717) is 15.8 Å². The lowest BCUT2D eigenvalue weighted by Crippen LogP contribution is -2.41. The first-order valence-electron chi connectivity index (χ1n) is 9.02. The van der Waals surface area contributed by atoms with Crippen molar-refractivity contribution in [3.05, 3.63) is 64.1 Å². The van der Waals surface area contributed by atoms with E-state index in [1.54, 1.807) is 6.92 Å². The number of tetrazole rings is 1. The Bertz CT molecular complexity index is 1190. The van der Waals surface area contributed by atoms with Crippen LogP contribution in [0.3, 0.4) is 0 Å². The molecule has 3 aromatic rings. The minimum atomic E-state index is -1.22. The van der Waals surface area contributed by atoms with Crippen molar-refractivity contribution in [1.29, 1.82) is 0 Å². The van der Waals surface area contributed by atoms with E-state index in [9.17, 15) is 28.3 Å². The Kier molecular flexibility index (Phi) is 6.09. The molecule has 0 fully saturated rings. The van der Waals surface area contributed by atoms with Gasteiger partial charge in [-0.05, 0) is 41.1 Å². The monoisotopic (exact) mass is 433 g/mol. The van der Waals surface area contributed by atoms with E-state index in [1.165, 1.54) is 25.3 Å². The lowest BCUT2D eigenvalue weighted by molar-refractivity contribution is 0.0693. The van der Waals surface area contributed by atoms with Crippen LogP contribution in [0.15, 0.2) is 41.2 Å². The summed E-state index contributed by atoms with van der Waals surface area (Å²) >= 11 is 0. The number of amides is 1. The van der Waals surface area contributed by atoms with E-state index < -0.39 is 35.0 Å². The summed E-state index contributed by atoms with van der Waals surface area (Å²) < 4.78 is 33.8. The summed E-state index contributed by atoms with van der Waals surface area (Å²) in [5.41, 5.74) is -1.83. The van der Waals surface area contributed by atoms with Gasteiger partial charge in [0.25, 0.3) is 0 Å². The van der Waals surface area contributed by atoms with Gasteiger partial charge in [-0.15, -0.1) is 4.68 Å². The second-order valence-corrected chi connectivity index (χ2v) is 6.28. The average molecular weight is 433 g/mol. The molecule has 1 N–H and O–H groups in total. The standard InChI is InChI=1S/C19H17F2N5O5/c1-3-9-24(11-7-8-12(17(27)28)15(10-11)31-2)18(29)26-19(30)25(22-23-26)16-13(20)5-4-6-14(16)21/h4-8,10H,3,9H2,1-2H3,(H,27,28). The third kappa shape index (κ3) is 3.99. The van der Waals surface area contributed by atoms with E-state index in [-0.39, 0.29) is 23.5 Å². The van der Waals surface area contributed by atoms with Crippen LogP contribution in [0.25, 0.3) is 5.69 Å². The fourth-order valence-electron chi connectivity index (χ4n) is 2.90. The maximum Gasteiger partial charge on any atom is 0.377 e. The number of nitrogens with zero attached hydrogens (tertiary/aromatic N) is 5. The maximum atomic E-state index is 14.0. The smallest absolute Gasteiger partial charge is 0.377 e. The zero-order chi connectivity index (χ0) is 22.7. The number of hydrogen-bond donors (Lipinski definition) is 1. The third-order valence-electron chi connectivity index (χ3n) is 4.32. The number of para-hydroxylation sites is 1. The fraction of sp³-hybridized carbons (Fsp3) is 0.211. The van der Waals surface area contributed by atoms with Crippen molar-refractivity contribution in [2.75, 3.05) is 18.6 Å². The van der Waals surface area contributed by atoms with Crippen LogP contribution in [0.5, 0.6) is 5.75 Å². The molecule has 0 unspecified atom stereocenters. The molecule has 0 bridgehead atoms. The number of rotatable bonds is 6. The van der Waals surface area contributed by atoms with Crippen LogP contribution >= 0.6 is 0 Å². The molecule has 2 aromatic carbocycles. The molecule has 162 valence electrons. The Balaban J connectivity index is 2.05. The zero-order valence-electron chi connectivity index (χ0n) is 16.5. The van der Waals surface area contributed by atoms with Gasteiger partial charge < -0.3 is 9.84 Å². The van der Waals surface area contributed by atoms with Crippen molar-refractivity contribution in [3.8, 4) is 11.4 Å². The maximum absolute atomic E-state index is 14.0. The van der Waals surface area contributed by atoms with Gasteiger partial charge in [0.1, 0.15) is 17.0 Å². The largest absolute Gasteiger partial charge is 0.496 e. The summed E-state index contributed by atoms with van der Waals surface area (Å²) in [5, 5.41) is 16.1. The summed E-state index contributed by atoms with van der Waals surface area (Å²) in [6, 6.07) is 5.98. The minimum absolute atomic E-state index is 0.00309. The zero-order valence-corrected chi connectivity index (χ0v) is 16.5. The topological polar surface area (TPSA) is 120 Å². The second kappa shape index (κ2) is 8.73. The van der Waals surface area contributed by atoms with Gasteiger partial charge in [0, 0.05) is 18.3 Å². The first kappa shape index (κ1) is 21.6. The number of carboxylic acid groups (broad SMARTS) is 1. The number of ether oxygens (including phenoxy) is 1. The molecule has 1 aromatic heterocycles. The highest BCUT2D eigenvalue weighted by Gasteiger charge is 2.25. The van der Waals surface area contributed by atoms with Gasteiger partial charge in [0.15, 0.2) is 11.6 Å². The van der Waals surface area contributed by atoms with E-state index in [2.05, 4.69) is 10.4 Å². The molecule has 0 aliphatic rings. The molecule has 0 radical (unpaired) electrons. The van der Waals surface area contributed by atoms with Crippen molar-refractivity contribution >= 4 is 17.7 Å². The van der Waals surface area contributed by atoms with Gasteiger partial charge in [-0.1, -0.05) is 13.0 Å². The molecule has 0 saturated heterocycles. The summed E-state index contributed by atoms with van der Waals surface area (Å²) in [6.07, 6.45) is 0.472. The van der Waals surface area contributed by atoms with Crippen molar-refractivity contribution in [2.45, 2.75) is 13.3 Å². The molecular weight excluding hydrogens is 416 g/mol. The lowest BCUT2D eigenvalue weighted by Gasteiger charge is -2.22. The number of benzene rings is 2. The second-order valence-electron chi connectivity index (χ2n) is 6.28. The minimum Gasteiger partial charge on any atom is -0.496 e. The highest BCUT2D eigenvalue weighted by Crippen LogP contribution is 2.26. The van der Waals surface area contributed by atoms with E-state index >= 15 is 0 Å². The van der Waals surface area contributed by atoms with Crippen molar-refractivity contribution in [2.24, 2.45) is 0 Å². The van der Waals surface area contributed by atoms with Crippen LogP contribution in [-0.4, -0.2) is 50.6 Å². The number of anilines is 1. The van der Waals surface area contributed by atoms with Crippen LogP contribution in [0.1, 0.15) is 23.7 Å². The molecule has 12 heteroatoms. The number of halogens is 2. The predicted octanol–water partition coefficient (Wildman–Crippen LogP) is 2.30. The number of hydrogen-bond acceptors (Lipinski definition) is 6. The Morgan fingerprint density at radius 1 is 1.16 bits per heavy atom. The number of carbonyl (C=O) groups excluding carboxylic acids is 1. The predicted molar refractivity (Wildman–Crippen MR) is 104 cm³/mol. The van der Waals surface area contributed by atoms with Crippen LogP contribution in [-0.2, 0) is 0 Å². The van der Waals surface area contributed by atoms with Gasteiger partial charge in [-0.2, -0.15) is 4.68 Å². The van der Waals surface area contributed by atoms with Gasteiger partial charge in [-0.25, -0.2) is 23.2 Å². The first-order valence-corrected chi connectivity index (χ1v) is 9.02. The van der Waals surface area contributed by atoms with Crippen molar-refractivity contribution < 1.29 is 28.2 Å². The van der Waals surface area contributed by atoms with Gasteiger partial charge >= 0.3 is 17.7 Å². The fourth-order valence-corrected chi connectivity index (χ4v) is 2.90. The molecule has 10 nitrogen and oxygen atoms in total. The van der Waals surface area contributed by atoms with Crippen LogP contribution in [0, 0.1) is 11.6 Å². The summed E-state index contributed by atoms with van der Waals surface area (Å²) in [4.78, 5) is 38.1. The Labute approximate surface area is 173 Å². The molecule has 0 saturated carbocycles. The highest BCUT2D eigenvalue weighted by molar-refractivity contribution is 5.95. The lowest BCUT2D eigenvalue weighted by atomic mass is 10.1. The van der Waals surface area contributed by atoms with Crippen LogP contribution in [0.4, 0.5) is 19.3 Å². The molecule has 31 heavy (non-hydrogen) atoms. The van der Waals surface area contributed by atoms with Crippen molar-refractivity contribution in [1.82, 2.24) is 19.8 Å². The molecule has 0 atom stereocenters. The molecule has 0 aliphatic carbocycles. The number of carboxylic acids is 1. The number of aromatic nitrogens is 4. The highest BCUT2D eigenvalue weighted by atomic mass is 19.1. The molecular formula is C19H17F2N5O5. The normalized spacial score (nSPS) is 10.7. The van der Waals surface area contributed by atoms with Crippen LogP contribution in [0.2, 0.25) is 0 Å². The van der Waals surface area contributed by atoms with E-state index in [0.717, 1.165) is 23.1 Å². The quantitative estimate of drug-likeness (QED) is 0.593. The Morgan fingerprint density at radius 2 is 1.84 bits per heavy atom. The first-order chi connectivity index (χ1) is 14.8. The van der Waals surface area contributed by atoms with Crippen molar-refractivity contribution in [3.63, 3.8) is 0 Å². The molecule has 1 heterocycles. The molecule has 3 rings (SSSR count). The van der Waals surface area contributed by atoms with Gasteiger partial charge in [0.05, 0.1) is 7.11 Å². The molecule has 0 aliphatic heterocycles.